The zero-order chi connectivity index (χ0) is 17.8. The number of amides is 1. The first-order valence-electron chi connectivity index (χ1n) is 7.27. The molecule has 24 heavy (non-hydrogen) atoms. The zero-order valence-corrected chi connectivity index (χ0v) is 14.7. The van der Waals surface area contributed by atoms with Crippen molar-refractivity contribution in [1.82, 2.24) is 5.32 Å². The summed E-state index contributed by atoms with van der Waals surface area (Å²) < 4.78 is 32.8. The first-order valence-corrected chi connectivity index (χ1v) is 9.47. The number of hydrogen-bond donors (Lipinski definition) is 1. The summed E-state index contributed by atoms with van der Waals surface area (Å²) in [6, 6.07) is 6.19. The molecule has 1 heterocycles. The van der Waals surface area contributed by atoms with E-state index in [1.807, 2.05) is 0 Å². The third-order valence-electron chi connectivity index (χ3n) is 3.54. The highest BCUT2D eigenvalue weighted by Gasteiger charge is 2.39. The Labute approximate surface area is 145 Å². The number of rotatable bonds is 5. The Bertz CT molecular complexity index is 718. The second kappa shape index (κ2) is 7.40. The predicted octanol–water partition coefficient (Wildman–Crippen LogP) is 1.80. The highest BCUT2D eigenvalue weighted by molar-refractivity contribution is 7.91. The lowest BCUT2D eigenvalue weighted by molar-refractivity contribution is 0.0394. The molecule has 9 heteroatoms. The minimum Gasteiger partial charge on any atom is -0.458 e. The van der Waals surface area contributed by atoms with Gasteiger partial charge in [-0.15, -0.1) is 0 Å². The lowest BCUT2D eigenvalue weighted by atomic mass is 10.0. The van der Waals surface area contributed by atoms with Crippen LogP contribution in [0.4, 0.5) is 4.79 Å². The van der Waals surface area contributed by atoms with Crippen molar-refractivity contribution >= 4 is 33.5 Å². The van der Waals surface area contributed by atoms with Crippen molar-refractivity contribution in [3.63, 3.8) is 0 Å². The molecule has 132 valence electrons. The molecule has 1 N–H and O–H groups in total. The van der Waals surface area contributed by atoms with Crippen LogP contribution >= 0.6 is 11.6 Å². The number of carbonyl (C=O) groups excluding carboxylic acids is 2. The number of carbonyl (C=O) groups is 2. The molecule has 1 aliphatic rings. The first kappa shape index (κ1) is 18.5. The van der Waals surface area contributed by atoms with Gasteiger partial charge in [-0.05, 0) is 37.6 Å². The number of ether oxygens (including phenoxy) is 2. The lowest BCUT2D eigenvalue weighted by Gasteiger charge is -2.23. The third-order valence-corrected chi connectivity index (χ3v) is 5.69. The number of hydrogen-bond acceptors (Lipinski definition) is 6. The van der Waals surface area contributed by atoms with Gasteiger partial charge in [0.05, 0.1) is 22.6 Å². The molecule has 1 aromatic rings. The summed E-state index contributed by atoms with van der Waals surface area (Å²) in [6.07, 6.45) is -0.396. The molecule has 1 saturated heterocycles. The Morgan fingerprint density at radius 3 is 2.42 bits per heavy atom. The zero-order valence-electron chi connectivity index (χ0n) is 13.1. The van der Waals surface area contributed by atoms with Gasteiger partial charge >= 0.3 is 12.1 Å². The van der Waals surface area contributed by atoms with Crippen LogP contribution in [0.15, 0.2) is 24.3 Å². The molecule has 1 atom stereocenters. The van der Waals surface area contributed by atoms with Gasteiger partial charge in [-0.2, -0.15) is 0 Å². The van der Waals surface area contributed by atoms with E-state index in [1.54, 1.807) is 19.1 Å². The Kier molecular flexibility index (Phi) is 5.71. The van der Waals surface area contributed by atoms with Gasteiger partial charge in [0.1, 0.15) is 13.2 Å². The molecule has 7 nitrogen and oxygen atoms in total. The first-order chi connectivity index (χ1) is 11.2. The summed E-state index contributed by atoms with van der Waals surface area (Å²) >= 11 is 5.72. The molecule has 0 aromatic heterocycles. The minimum absolute atomic E-state index is 0.0441. The number of alkyl carbamates (subject to hydrolysis) is 1. The van der Waals surface area contributed by atoms with Crippen LogP contribution in [0.3, 0.4) is 0 Å². The largest absolute Gasteiger partial charge is 0.458 e. The van der Waals surface area contributed by atoms with Crippen molar-refractivity contribution in [2.24, 2.45) is 0 Å². The second-order valence-electron chi connectivity index (χ2n) is 5.81. The van der Waals surface area contributed by atoms with Gasteiger partial charge in [0.25, 0.3) is 0 Å². The molecule has 0 radical (unpaired) electrons. The van der Waals surface area contributed by atoms with E-state index in [-0.39, 0.29) is 24.7 Å². The van der Waals surface area contributed by atoms with Crippen LogP contribution < -0.4 is 5.32 Å². The highest BCUT2D eigenvalue weighted by Crippen LogP contribution is 2.22. The molecule has 0 bridgehead atoms. The fraction of sp³-hybridized carbons (Fsp3) is 0.467. The van der Waals surface area contributed by atoms with Crippen LogP contribution in [0.1, 0.15) is 23.7 Å². The fourth-order valence-electron chi connectivity index (χ4n) is 2.33. The van der Waals surface area contributed by atoms with E-state index >= 15 is 0 Å². The maximum atomic E-state index is 11.7. The molecule has 0 saturated carbocycles. The summed E-state index contributed by atoms with van der Waals surface area (Å²) in [4.78, 5) is 23.4. The highest BCUT2D eigenvalue weighted by atomic mass is 35.5. The van der Waals surface area contributed by atoms with Gasteiger partial charge in [0.15, 0.2) is 9.84 Å². The van der Waals surface area contributed by atoms with Crippen LogP contribution in [0.2, 0.25) is 5.02 Å². The van der Waals surface area contributed by atoms with E-state index in [9.17, 15) is 18.0 Å². The third kappa shape index (κ3) is 5.38. The van der Waals surface area contributed by atoms with Crippen LogP contribution in [0.25, 0.3) is 0 Å². The van der Waals surface area contributed by atoms with Gasteiger partial charge in [-0.25, -0.2) is 18.0 Å². The van der Waals surface area contributed by atoms with Crippen molar-refractivity contribution in [2.75, 3.05) is 24.7 Å². The second-order valence-corrected chi connectivity index (χ2v) is 8.43. The molecular formula is C15H18ClNO6S. The van der Waals surface area contributed by atoms with E-state index in [1.165, 1.54) is 12.1 Å². The molecule has 1 aliphatic heterocycles. The Hall–Kier alpha value is -1.80. The van der Waals surface area contributed by atoms with Gasteiger partial charge < -0.3 is 14.8 Å². The number of benzene rings is 1. The normalized spacial score (nSPS) is 21.9. The van der Waals surface area contributed by atoms with Crippen LogP contribution in [-0.4, -0.2) is 50.7 Å². The van der Waals surface area contributed by atoms with Gasteiger partial charge in [0, 0.05) is 5.02 Å². The van der Waals surface area contributed by atoms with Crippen molar-refractivity contribution in [2.45, 2.75) is 18.9 Å². The summed E-state index contributed by atoms with van der Waals surface area (Å²) in [5.41, 5.74) is -0.483. The molecule has 0 spiro atoms. The van der Waals surface area contributed by atoms with E-state index in [4.69, 9.17) is 21.1 Å². The monoisotopic (exact) mass is 375 g/mol. The number of esters is 1. The molecule has 1 aromatic carbocycles. The summed E-state index contributed by atoms with van der Waals surface area (Å²) in [5.74, 6) is -0.618. The fourth-order valence-corrected chi connectivity index (χ4v) is 4.55. The maximum absolute atomic E-state index is 11.7. The van der Waals surface area contributed by atoms with Crippen LogP contribution in [0.5, 0.6) is 0 Å². The standard InChI is InChI=1S/C15H18ClNO6S/c1-15(6-9-24(20,21)10-15)17-14(19)23-8-7-22-13(18)11-2-4-12(16)5-3-11/h2-5H,6-10H2,1H3,(H,17,19). The van der Waals surface area contributed by atoms with Crippen molar-refractivity contribution in [1.29, 1.82) is 0 Å². The van der Waals surface area contributed by atoms with Gasteiger partial charge in [0.2, 0.25) is 0 Å². The van der Waals surface area contributed by atoms with Crippen LogP contribution in [0, 0.1) is 0 Å². The number of sulfone groups is 1. The van der Waals surface area contributed by atoms with Gasteiger partial charge in [-0.3, -0.25) is 0 Å². The molecule has 1 unspecified atom stereocenters. The van der Waals surface area contributed by atoms with Crippen LogP contribution in [-0.2, 0) is 19.3 Å². The molecular weight excluding hydrogens is 358 g/mol. The summed E-state index contributed by atoms with van der Waals surface area (Å²) in [7, 11) is -3.12. The quantitative estimate of drug-likeness (QED) is 0.622. The molecule has 2 rings (SSSR count). The van der Waals surface area contributed by atoms with Crippen molar-refractivity contribution < 1.29 is 27.5 Å². The maximum Gasteiger partial charge on any atom is 0.407 e. The van der Waals surface area contributed by atoms with E-state index in [0.717, 1.165) is 0 Å². The van der Waals surface area contributed by atoms with E-state index in [0.29, 0.717) is 17.0 Å². The summed E-state index contributed by atoms with van der Waals surface area (Å²) in [6.45, 7) is 1.41. The van der Waals surface area contributed by atoms with E-state index < -0.39 is 27.4 Å². The molecule has 1 amide bonds. The number of nitrogens with one attached hydrogen (secondary N) is 1. The average Bonchev–Trinajstić information content (AvgIpc) is 2.77. The van der Waals surface area contributed by atoms with Gasteiger partial charge in [-0.1, -0.05) is 11.6 Å². The van der Waals surface area contributed by atoms with Crippen molar-refractivity contribution in [3.8, 4) is 0 Å². The lowest BCUT2D eigenvalue weighted by Crippen LogP contribution is -2.47. The minimum atomic E-state index is -3.12. The Morgan fingerprint density at radius 2 is 1.83 bits per heavy atom. The predicted molar refractivity (Wildman–Crippen MR) is 87.9 cm³/mol. The SMILES string of the molecule is CC1(NC(=O)OCCOC(=O)c2ccc(Cl)cc2)CCS(=O)(=O)C1. The van der Waals surface area contributed by atoms with Crippen molar-refractivity contribution in [3.05, 3.63) is 34.9 Å². The average molecular weight is 376 g/mol. The summed E-state index contributed by atoms with van der Waals surface area (Å²) in [5, 5.41) is 3.05. The Balaban J connectivity index is 1.69. The molecule has 1 fully saturated rings. The topological polar surface area (TPSA) is 98.8 Å². The Morgan fingerprint density at radius 1 is 1.21 bits per heavy atom. The smallest absolute Gasteiger partial charge is 0.407 e. The number of halogens is 1. The van der Waals surface area contributed by atoms with E-state index in [2.05, 4.69) is 5.32 Å². The molecule has 0 aliphatic carbocycles.